The minimum absolute atomic E-state index is 0.227. The van der Waals surface area contributed by atoms with Crippen LogP contribution in [0.4, 0.5) is 5.82 Å². The molecule has 0 unspecified atom stereocenters. The summed E-state index contributed by atoms with van der Waals surface area (Å²) in [5.41, 5.74) is 1.57. The fraction of sp³-hybridized carbons (Fsp3) is 0.0625. The topological polar surface area (TPSA) is 86.0 Å². The van der Waals surface area contributed by atoms with Gasteiger partial charge in [-0.05, 0) is 36.4 Å². The highest BCUT2D eigenvalue weighted by Crippen LogP contribution is 2.09. The van der Waals surface area contributed by atoms with Gasteiger partial charge in [0.15, 0.2) is 0 Å². The van der Waals surface area contributed by atoms with Gasteiger partial charge in [-0.15, -0.1) is 0 Å². The van der Waals surface area contributed by atoms with Gasteiger partial charge in [0.1, 0.15) is 12.4 Å². The summed E-state index contributed by atoms with van der Waals surface area (Å²) in [5.74, 6) is 5.31. The second-order valence-corrected chi connectivity index (χ2v) is 4.03. The Labute approximate surface area is 121 Å². The molecule has 2 rings (SSSR count). The van der Waals surface area contributed by atoms with Crippen LogP contribution in [0.1, 0.15) is 21.5 Å². The van der Waals surface area contributed by atoms with Gasteiger partial charge < -0.3 is 10.4 Å². The Kier molecular flexibility index (Phi) is 4.66. The number of aliphatic hydroxyl groups is 1. The Morgan fingerprint density at radius 1 is 1.24 bits per heavy atom. The standard InChI is InChI=1S/C16H11N3O2/c17-11-13-3-5-14(6-4-13)16(21)19-15-10-12(2-1-9-20)7-8-18-15/h3-8,10,20H,9H2,(H,18,19,21). The second kappa shape index (κ2) is 6.85. The van der Waals surface area contributed by atoms with Crippen LogP contribution in [0.25, 0.3) is 0 Å². The molecule has 2 aromatic rings. The molecule has 21 heavy (non-hydrogen) atoms. The summed E-state index contributed by atoms with van der Waals surface area (Å²) >= 11 is 0. The van der Waals surface area contributed by atoms with E-state index in [-0.39, 0.29) is 12.5 Å². The van der Waals surface area contributed by atoms with Crippen molar-refractivity contribution in [3.8, 4) is 17.9 Å². The molecule has 0 bridgehead atoms. The van der Waals surface area contributed by atoms with Crippen molar-refractivity contribution < 1.29 is 9.90 Å². The molecule has 0 saturated carbocycles. The minimum atomic E-state index is -0.320. The van der Waals surface area contributed by atoms with Crippen LogP contribution < -0.4 is 5.32 Å². The lowest BCUT2D eigenvalue weighted by Crippen LogP contribution is -2.12. The van der Waals surface area contributed by atoms with Gasteiger partial charge in [0.2, 0.25) is 0 Å². The van der Waals surface area contributed by atoms with Crippen molar-refractivity contribution in [3.63, 3.8) is 0 Å². The zero-order valence-corrected chi connectivity index (χ0v) is 11.0. The van der Waals surface area contributed by atoms with E-state index in [0.29, 0.717) is 22.5 Å². The average molecular weight is 277 g/mol. The number of hydrogen-bond acceptors (Lipinski definition) is 4. The lowest BCUT2D eigenvalue weighted by Gasteiger charge is -2.04. The first-order valence-electron chi connectivity index (χ1n) is 6.10. The Morgan fingerprint density at radius 3 is 2.67 bits per heavy atom. The maximum Gasteiger partial charge on any atom is 0.256 e. The van der Waals surface area contributed by atoms with Gasteiger partial charge in [-0.3, -0.25) is 4.79 Å². The Hall–Kier alpha value is -3.15. The fourth-order valence-corrected chi connectivity index (χ4v) is 1.60. The van der Waals surface area contributed by atoms with Crippen LogP contribution in [0.3, 0.4) is 0 Å². The van der Waals surface area contributed by atoms with E-state index in [4.69, 9.17) is 10.4 Å². The van der Waals surface area contributed by atoms with E-state index in [9.17, 15) is 4.79 Å². The first kappa shape index (κ1) is 14.3. The van der Waals surface area contributed by atoms with E-state index in [1.165, 1.54) is 6.20 Å². The molecule has 0 aliphatic heterocycles. The van der Waals surface area contributed by atoms with E-state index < -0.39 is 0 Å². The lowest BCUT2D eigenvalue weighted by molar-refractivity contribution is 0.102. The second-order valence-electron chi connectivity index (χ2n) is 4.03. The largest absolute Gasteiger partial charge is 0.384 e. The number of aliphatic hydroxyl groups excluding tert-OH is 1. The summed E-state index contributed by atoms with van der Waals surface area (Å²) in [6.45, 7) is -0.227. The molecule has 5 heteroatoms. The maximum atomic E-state index is 12.0. The highest BCUT2D eigenvalue weighted by Gasteiger charge is 2.06. The monoisotopic (exact) mass is 277 g/mol. The minimum Gasteiger partial charge on any atom is -0.384 e. The first-order valence-corrected chi connectivity index (χ1v) is 6.10. The van der Waals surface area contributed by atoms with Gasteiger partial charge in [0.05, 0.1) is 11.6 Å². The van der Waals surface area contributed by atoms with Crippen LogP contribution in [0.2, 0.25) is 0 Å². The molecular weight excluding hydrogens is 266 g/mol. The molecule has 0 atom stereocenters. The van der Waals surface area contributed by atoms with Crippen LogP contribution in [-0.2, 0) is 0 Å². The SMILES string of the molecule is N#Cc1ccc(C(=O)Nc2cc(C#CCO)ccn2)cc1. The number of nitriles is 1. The van der Waals surface area contributed by atoms with Gasteiger partial charge in [0, 0.05) is 17.3 Å². The molecule has 1 aromatic heterocycles. The van der Waals surface area contributed by atoms with E-state index in [1.807, 2.05) is 6.07 Å². The number of nitrogens with zero attached hydrogens (tertiary/aromatic N) is 2. The number of carbonyl (C=O) groups excluding carboxylic acids is 1. The van der Waals surface area contributed by atoms with Crippen molar-refractivity contribution in [3.05, 3.63) is 59.3 Å². The third kappa shape index (κ3) is 3.90. The van der Waals surface area contributed by atoms with Crippen LogP contribution in [0, 0.1) is 23.2 Å². The van der Waals surface area contributed by atoms with E-state index in [0.717, 1.165) is 0 Å². The van der Waals surface area contributed by atoms with E-state index in [1.54, 1.807) is 36.4 Å². The molecule has 102 valence electrons. The first-order chi connectivity index (χ1) is 10.2. The highest BCUT2D eigenvalue weighted by molar-refractivity contribution is 6.03. The quantitative estimate of drug-likeness (QED) is 0.815. The zero-order chi connectivity index (χ0) is 15.1. The summed E-state index contributed by atoms with van der Waals surface area (Å²) < 4.78 is 0. The molecule has 0 aliphatic carbocycles. The van der Waals surface area contributed by atoms with Crippen molar-refractivity contribution in [2.75, 3.05) is 11.9 Å². The molecule has 1 aromatic carbocycles. The molecule has 5 nitrogen and oxygen atoms in total. The number of carbonyl (C=O) groups is 1. The van der Waals surface area contributed by atoms with Crippen molar-refractivity contribution >= 4 is 11.7 Å². The van der Waals surface area contributed by atoms with Crippen molar-refractivity contribution in [1.29, 1.82) is 5.26 Å². The molecule has 0 saturated heterocycles. The van der Waals surface area contributed by atoms with Crippen LogP contribution in [-0.4, -0.2) is 22.6 Å². The highest BCUT2D eigenvalue weighted by atomic mass is 16.2. The van der Waals surface area contributed by atoms with Crippen LogP contribution in [0.15, 0.2) is 42.6 Å². The molecule has 1 heterocycles. The molecule has 0 aliphatic rings. The number of anilines is 1. The van der Waals surface area contributed by atoms with Crippen molar-refractivity contribution in [2.45, 2.75) is 0 Å². The Morgan fingerprint density at radius 2 is 2.00 bits per heavy atom. The number of pyridine rings is 1. The number of rotatable bonds is 2. The predicted octanol–water partition coefficient (Wildman–Crippen LogP) is 1.55. The van der Waals surface area contributed by atoms with Gasteiger partial charge in [-0.25, -0.2) is 4.98 Å². The number of nitrogens with one attached hydrogen (secondary N) is 1. The summed E-state index contributed by atoms with van der Waals surface area (Å²) in [6.07, 6.45) is 1.52. The third-order valence-electron chi connectivity index (χ3n) is 2.59. The van der Waals surface area contributed by atoms with Gasteiger partial charge >= 0.3 is 0 Å². The van der Waals surface area contributed by atoms with Crippen molar-refractivity contribution in [2.24, 2.45) is 0 Å². The maximum absolute atomic E-state index is 12.0. The van der Waals surface area contributed by atoms with E-state index >= 15 is 0 Å². The Bertz CT molecular complexity index is 750. The number of aromatic nitrogens is 1. The summed E-state index contributed by atoms with van der Waals surface area (Å²) in [7, 11) is 0. The molecule has 0 radical (unpaired) electrons. The zero-order valence-electron chi connectivity index (χ0n) is 11.0. The third-order valence-corrected chi connectivity index (χ3v) is 2.59. The van der Waals surface area contributed by atoms with Crippen molar-refractivity contribution in [1.82, 2.24) is 4.98 Å². The molecule has 2 N–H and O–H groups in total. The van der Waals surface area contributed by atoms with Crippen LogP contribution in [0.5, 0.6) is 0 Å². The number of amides is 1. The normalized spacial score (nSPS) is 9.14. The smallest absolute Gasteiger partial charge is 0.256 e. The summed E-state index contributed by atoms with van der Waals surface area (Å²) in [6, 6.07) is 11.6. The number of benzene rings is 1. The van der Waals surface area contributed by atoms with Crippen LogP contribution >= 0.6 is 0 Å². The van der Waals surface area contributed by atoms with Gasteiger partial charge in [-0.1, -0.05) is 11.8 Å². The van der Waals surface area contributed by atoms with Gasteiger partial charge in [0.25, 0.3) is 5.91 Å². The fourth-order valence-electron chi connectivity index (χ4n) is 1.60. The Balaban J connectivity index is 2.13. The molecule has 0 spiro atoms. The number of hydrogen-bond donors (Lipinski definition) is 2. The average Bonchev–Trinajstić information content (AvgIpc) is 2.53. The molecule has 1 amide bonds. The molecular formula is C16H11N3O2. The molecule has 0 fully saturated rings. The van der Waals surface area contributed by atoms with E-state index in [2.05, 4.69) is 22.1 Å². The lowest BCUT2D eigenvalue weighted by atomic mass is 10.1. The summed E-state index contributed by atoms with van der Waals surface area (Å²) in [4.78, 5) is 16.1. The van der Waals surface area contributed by atoms with Gasteiger partial charge in [-0.2, -0.15) is 5.26 Å². The summed E-state index contributed by atoms with van der Waals surface area (Å²) in [5, 5.41) is 20.0. The predicted molar refractivity (Wildman–Crippen MR) is 77.3 cm³/mol.